The second-order valence-corrected chi connectivity index (χ2v) is 5.55. The van der Waals surface area contributed by atoms with Crippen LogP contribution in [-0.2, 0) is 18.3 Å². The summed E-state index contributed by atoms with van der Waals surface area (Å²) in [4.78, 5) is 12.0. The third kappa shape index (κ3) is 4.20. The zero-order valence-corrected chi connectivity index (χ0v) is 13.0. The number of aromatic nitrogens is 2. The van der Waals surface area contributed by atoms with Gasteiger partial charge in [-0.2, -0.15) is 5.10 Å². The molecule has 0 saturated heterocycles. The third-order valence-corrected chi connectivity index (χ3v) is 3.66. The summed E-state index contributed by atoms with van der Waals surface area (Å²) in [5, 5.41) is 7.96. The van der Waals surface area contributed by atoms with Gasteiger partial charge in [-0.1, -0.05) is 29.3 Å². The Bertz CT molecular complexity index is 642. The van der Waals surface area contributed by atoms with Crippen LogP contribution in [0.2, 0.25) is 10.0 Å². The van der Waals surface area contributed by atoms with Gasteiger partial charge in [-0.3, -0.25) is 9.48 Å². The minimum Gasteiger partial charge on any atom is -0.354 e. The molecule has 1 heterocycles. The van der Waals surface area contributed by atoms with E-state index in [2.05, 4.69) is 10.4 Å². The number of hydrogen-bond donors (Lipinski definition) is 2. The van der Waals surface area contributed by atoms with E-state index in [4.69, 9.17) is 28.9 Å². The maximum Gasteiger partial charge on any atom is 0.241 e. The molecule has 0 spiro atoms. The van der Waals surface area contributed by atoms with E-state index >= 15 is 0 Å². The van der Waals surface area contributed by atoms with E-state index in [1.54, 1.807) is 36.3 Å². The normalized spacial score (nSPS) is 12.2. The molecular formula is C14H16Cl2N4O. The molecule has 2 aromatic rings. The zero-order chi connectivity index (χ0) is 15.4. The minimum atomic E-state index is -0.723. The maximum absolute atomic E-state index is 12.0. The maximum atomic E-state index is 12.0. The van der Waals surface area contributed by atoms with Crippen molar-refractivity contribution in [3.63, 3.8) is 0 Å². The van der Waals surface area contributed by atoms with Crippen LogP contribution in [0.1, 0.15) is 17.2 Å². The largest absolute Gasteiger partial charge is 0.354 e. The number of amides is 1. The average Bonchev–Trinajstić information content (AvgIpc) is 2.87. The van der Waals surface area contributed by atoms with E-state index in [1.165, 1.54) is 0 Å². The van der Waals surface area contributed by atoms with E-state index in [9.17, 15) is 4.79 Å². The number of carbonyl (C=O) groups is 1. The summed E-state index contributed by atoms with van der Waals surface area (Å²) in [6, 6.07) is 4.57. The lowest BCUT2D eigenvalue weighted by molar-refractivity contribution is -0.122. The molecule has 1 aromatic heterocycles. The molecule has 1 atom stereocenters. The number of nitrogens with two attached hydrogens (primary N) is 1. The van der Waals surface area contributed by atoms with E-state index < -0.39 is 6.04 Å². The summed E-state index contributed by atoms with van der Waals surface area (Å²) in [5.74, 6) is -0.243. The SMILES string of the molecule is Cn1cc(C(N)C(=O)NCCc2ccc(Cl)cc2Cl)cn1. The molecule has 2 rings (SSSR count). The highest BCUT2D eigenvalue weighted by Gasteiger charge is 2.16. The van der Waals surface area contributed by atoms with Gasteiger partial charge in [0.15, 0.2) is 0 Å². The third-order valence-electron chi connectivity index (χ3n) is 3.08. The van der Waals surface area contributed by atoms with Gasteiger partial charge in [0.1, 0.15) is 6.04 Å². The van der Waals surface area contributed by atoms with Crippen molar-refractivity contribution < 1.29 is 4.79 Å². The molecule has 1 amide bonds. The van der Waals surface area contributed by atoms with Crippen LogP contribution in [0, 0.1) is 0 Å². The van der Waals surface area contributed by atoms with E-state index in [0.29, 0.717) is 28.6 Å². The first-order valence-corrected chi connectivity index (χ1v) is 7.18. The van der Waals surface area contributed by atoms with Crippen LogP contribution in [0.25, 0.3) is 0 Å². The lowest BCUT2D eigenvalue weighted by atomic mass is 10.1. The summed E-state index contributed by atoms with van der Waals surface area (Å²) in [6.45, 7) is 0.453. The first-order chi connectivity index (χ1) is 9.97. The number of aryl methyl sites for hydroxylation is 1. The summed E-state index contributed by atoms with van der Waals surface area (Å²) >= 11 is 11.9. The Balaban J connectivity index is 1.86. The molecule has 7 heteroatoms. The van der Waals surface area contributed by atoms with Crippen molar-refractivity contribution in [1.29, 1.82) is 0 Å². The van der Waals surface area contributed by atoms with Crippen molar-refractivity contribution in [2.24, 2.45) is 12.8 Å². The van der Waals surface area contributed by atoms with Gasteiger partial charge in [0.25, 0.3) is 0 Å². The highest BCUT2D eigenvalue weighted by molar-refractivity contribution is 6.35. The Kier molecular flexibility index (Phi) is 5.22. The Labute approximate surface area is 133 Å². The Morgan fingerprint density at radius 1 is 1.48 bits per heavy atom. The highest BCUT2D eigenvalue weighted by atomic mass is 35.5. The number of carbonyl (C=O) groups excluding carboxylic acids is 1. The van der Waals surface area contributed by atoms with Gasteiger partial charge in [-0.15, -0.1) is 0 Å². The van der Waals surface area contributed by atoms with Crippen LogP contribution in [0.3, 0.4) is 0 Å². The number of nitrogens with one attached hydrogen (secondary N) is 1. The van der Waals surface area contributed by atoms with Crippen molar-refractivity contribution in [1.82, 2.24) is 15.1 Å². The van der Waals surface area contributed by atoms with Crippen LogP contribution in [0.4, 0.5) is 0 Å². The summed E-state index contributed by atoms with van der Waals surface area (Å²) < 4.78 is 1.61. The van der Waals surface area contributed by atoms with Gasteiger partial charge >= 0.3 is 0 Å². The topological polar surface area (TPSA) is 72.9 Å². The average molecular weight is 327 g/mol. The molecule has 5 nitrogen and oxygen atoms in total. The van der Waals surface area contributed by atoms with Crippen molar-refractivity contribution in [3.8, 4) is 0 Å². The van der Waals surface area contributed by atoms with Crippen LogP contribution < -0.4 is 11.1 Å². The molecule has 0 aliphatic carbocycles. The zero-order valence-electron chi connectivity index (χ0n) is 11.5. The molecule has 21 heavy (non-hydrogen) atoms. The first-order valence-electron chi connectivity index (χ1n) is 6.43. The van der Waals surface area contributed by atoms with Crippen molar-refractivity contribution in [2.45, 2.75) is 12.5 Å². The second kappa shape index (κ2) is 6.93. The predicted octanol–water partition coefficient (Wildman–Crippen LogP) is 2.09. The fourth-order valence-corrected chi connectivity index (χ4v) is 2.41. The summed E-state index contributed by atoms with van der Waals surface area (Å²) in [6.07, 6.45) is 3.92. The van der Waals surface area contributed by atoms with E-state index in [1.807, 2.05) is 6.07 Å². The van der Waals surface area contributed by atoms with E-state index in [0.717, 1.165) is 5.56 Å². The Hall–Kier alpha value is -1.56. The van der Waals surface area contributed by atoms with Gasteiger partial charge in [-0.25, -0.2) is 0 Å². The summed E-state index contributed by atoms with van der Waals surface area (Å²) in [7, 11) is 1.77. The first kappa shape index (κ1) is 15.8. The van der Waals surface area contributed by atoms with E-state index in [-0.39, 0.29) is 5.91 Å². The molecule has 0 saturated carbocycles. The number of benzene rings is 1. The lowest BCUT2D eigenvalue weighted by Crippen LogP contribution is -2.35. The second-order valence-electron chi connectivity index (χ2n) is 4.70. The molecule has 1 unspecified atom stereocenters. The van der Waals surface area contributed by atoms with Crippen LogP contribution in [-0.4, -0.2) is 22.2 Å². The van der Waals surface area contributed by atoms with Crippen LogP contribution in [0.5, 0.6) is 0 Å². The fraction of sp³-hybridized carbons (Fsp3) is 0.286. The molecule has 0 aliphatic heterocycles. The van der Waals surface area contributed by atoms with Crippen LogP contribution in [0.15, 0.2) is 30.6 Å². The number of halogens is 2. The fourth-order valence-electron chi connectivity index (χ4n) is 1.91. The predicted molar refractivity (Wildman–Crippen MR) is 83.3 cm³/mol. The van der Waals surface area contributed by atoms with Gasteiger partial charge in [0.05, 0.1) is 6.20 Å². The number of rotatable bonds is 5. The Morgan fingerprint density at radius 3 is 2.86 bits per heavy atom. The number of nitrogens with zero attached hydrogens (tertiary/aromatic N) is 2. The monoisotopic (exact) mass is 326 g/mol. The Morgan fingerprint density at radius 2 is 2.24 bits per heavy atom. The minimum absolute atomic E-state index is 0.243. The standard InChI is InChI=1S/C14H16Cl2N4O/c1-20-8-10(7-19-20)13(17)14(21)18-5-4-9-2-3-11(15)6-12(9)16/h2-3,6-8,13H,4-5,17H2,1H3,(H,18,21). The van der Waals surface area contributed by atoms with Gasteiger partial charge in [0.2, 0.25) is 5.91 Å². The smallest absolute Gasteiger partial charge is 0.241 e. The summed E-state index contributed by atoms with van der Waals surface area (Å²) in [5.41, 5.74) is 7.48. The quantitative estimate of drug-likeness (QED) is 0.883. The van der Waals surface area contributed by atoms with Crippen LogP contribution >= 0.6 is 23.2 Å². The lowest BCUT2D eigenvalue weighted by Gasteiger charge is -2.11. The molecule has 0 aliphatic rings. The van der Waals surface area contributed by atoms with Gasteiger partial charge in [-0.05, 0) is 24.1 Å². The molecule has 0 fully saturated rings. The highest BCUT2D eigenvalue weighted by Crippen LogP contribution is 2.21. The molecule has 3 N–H and O–H groups in total. The molecule has 0 radical (unpaired) electrons. The van der Waals surface area contributed by atoms with Crippen molar-refractivity contribution >= 4 is 29.1 Å². The van der Waals surface area contributed by atoms with Crippen molar-refractivity contribution in [2.75, 3.05) is 6.54 Å². The van der Waals surface area contributed by atoms with Gasteiger partial charge < -0.3 is 11.1 Å². The molecule has 1 aromatic carbocycles. The van der Waals surface area contributed by atoms with Crippen molar-refractivity contribution in [3.05, 3.63) is 51.8 Å². The number of hydrogen-bond acceptors (Lipinski definition) is 3. The molecule has 112 valence electrons. The molecular weight excluding hydrogens is 311 g/mol. The van der Waals surface area contributed by atoms with Gasteiger partial charge in [0, 0.05) is 35.4 Å². The molecule has 0 bridgehead atoms.